The van der Waals surface area contributed by atoms with Gasteiger partial charge in [-0.1, -0.05) is 39.7 Å². The summed E-state index contributed by atoms with van der Waals surface area (Å²) < 4.78 is 25.6. The highest BCUT2D eigenvalue weighted by molar-refractivity contribution is 9.10. The molecule has 0 saturated heterocycles. The lowest BCUT2D eigenvalue weighted by molar-refractivity contribution is 0.280. The fraction of sp³-hybridized carbons (Fsp3) is 0.190. The molecule has 0 atom stereocenters. The van der Waals surface area contributed by atoms with Crippen molar-refractivity contribution in [1.82, 2.24) is 10.3 Å². The highest BCUT2D eigenvalue weighted by atomic mass is 79.9. The number of ether oxygens (including phenoxy) is 2. The zero-order valence-electron chi connectivity index (χ0n) is 15.2. The Morgan fingerprint density at radius 1 is 1.14 bits per heavy atom. The first-order valence-corrected chi connectivity index (χ1v) is 9.78. The van der Waals surface area contributed by atoms with Crippen molar-refractivity contribution >= 4 is 27.5 Å². The summed E-state index contributed by atoms with van der Waals surface area (Å²) in [7, 11) is 1.59. The fourth-order valence-corrected chi connectivity index (χ4v) is 3.35. The zero-order valence-corrected chi connectivity index (χ0v) is 17.6. The number of pyridine rings is 1. The molecule has 0 bridgehead atoms. The number of halogens is 3. The highest BCUT2D eigenvalue weighted by Gasteiger charge is 2.15. The summed E-state index contributed by atoms with van der Waals surface area (Å²) in [6, 6.07) is 13.8. The molecule has 1 aromatic heterocycles. The molecule has 0 aliphatic heterocycles. The second kappa shape index (κ2) is 9.87. The number of benzene rings is 2. The third-order valence-corrected chi connectivity index (χ3v) is 5.20. The number of hydrogen-bond acceptors (Lipinski definition) is 4. The molecule has 0 aliphatic carbocycles. The smallest absolute Gasteiger partial charge is 0.167 e. The lowest BCUT2D eigenvalue weighted by atomic mass is 10.1. The van der Waals surface area contributed by atoms with E-state index >= 15 is 0 Å². The number of nitrogens with zero attached hydrogens (tertiary/aromatic N) is 1. The van der Waals surface area contributed by atoms with Crippen LogP contribution in [0.3, 0.4) is 0 Å². The van der Waals surface area contributed by atoms with Crippen LogP contribution in [0.1, 0.15) is 16.8 Å². The lowest BCUT2D eigenvalue weighted by Crippen LogP contribution is -2.15. The summed E-state index contributed by atoms with van der Waals surface area (Å²) in [5.41, 5.74) is 2.55. The second-order valence-corrected chi connectivity index (χ2v) is 7.27. The molecule has 0 saturated carbocycles. The van der Waals surface area contributed by atoms with Crippen LogP contribution in [0.5, 0.6) is 11.5 Å². The summed E-state index contributed by atoms with van der Waals surface area (Å²) in [6.45, 7) is 1.35. The van der Waals surface area contributed by atoms with Gasteiger partial charge in [-0.3, -0.25) is 4.98 Å². The Morgan fingerprint density at radius 3 is 2.71 bits per heavy atom. The largest absolute Gasteiger partial charge is 0.493 e. The SMILES string of the molecule is COc1ccc(Br)c(CNCc2ccccn2)c1OCc1ccc(F)cc1Cl. The quantitative estimate of drug-likeness (QED) is 0.476. The van der Waals surface area contributed by atoms with E-state index in [2.05, 4.69) is 26.2 Å². The van der Waals surface area contributed by atoms with E-state index in [1.165, 1.54) is 12.1 Å². The molecule has 2 aromatic carbocycles. The maximum atomic E-state index is 13.3. The minimum absolute atomic E-state index is 0.194. The van der Waals surface area contributed by atoms with Crippen LogP contribution < -0.4 is 14.8 Å². The van der Waals surface area contributed by atoms with Gasteiger partial charge in [0.15, 0.2) is 11.5 Å². The number of methoxy groups -OCH3 is 1. The summed E-state index contributed by atoms with van der Waals surface area (Å²) in [6.07, 6.45) is 1.76. The maximum absolute atomic E-state index is 13.3. The van der Waals surface area contributed by atoms with E-state index in [0.29, 0.717) is 35.2 Å². The van der Waals surface area contributed by atoms with Crippen molar-refractivity contribution in [2.75, 3.05) is 7.11 Å². The zero-order chi connectivity index (χ0) is 19.9. The summed E-state index contributed by atoms with van der Waals surface area (Å²) in [4.78, 5) is 4.31. The highest BCUT2D eigenvalue weighted by Crippen LogP contribution is 2.37. The summed E-state index contributed by atoms with van der Waals surface area (Å²) in [5.74, 6) is 0.829. The molecule has 0 aliphatic rings. The molecule has 146 valence electrons. The van der Waals surface area contributed by atoms with E-state index in [1.54, 1.807) is 19.4 Å². The molecule has 3 rings (SSSR count). The van der Waals surface area contributed by atoms with Crippen LogP contribution >= 0.6 is 27.5 Å². The standard InChI is InChI=1S/C21H19BrClFN2O2/c1-27-20-8-7-18(22)17(12-25-11-16-4-2-3-9-26-16)21(20)28-13-14-5-6-15(24)10-19(14)23/h2-10,25H,11-13H2,1H3. The molecule has 3 aromatic rings. The van der Waals surface area contributed by atoms with E-state index in [9.17, 15) is 4.39 Å². The molecular weight excluding hydrogens is 447 g/mol. The van der Waals surface area contributed by atoms with Gasteiger partial charge in [-0.15, -0.1) is 0 Å². The third kappa shape index (κ3) is 5.22. The van der Waals surface area contributed by atoms with E-state index < -0.39 is 0 Å². The molecule has 28 heavy (non-hydrogen) atoms. The molecule has 0 unspecified atom stereocenters. The predicted octanol–water partition coefficient (Wildman–Crippen LogP) is 5.51. The monoisotopic (exact) mass is 464 g/mol. The average Bonchev–Trinajstić information content (AvgIpc) is 2.70. The lowest BCUT2D eigenvalue weighted by Gasteiger charge is -2.17. The minimum atomic E-state index is -0.381. The predicted molar refractivity (Wildman–Crippen MR) is 111 cm³/mol. The summed E-state index contributed by atoms with van der Waals surface area (Å²) >= 11 is 9.69. The topological polar surface area (TPSA) is 43.4 Å². The normalized spacial score (nSPS) is 10.7. The van der Waals surface area contributed by atoms with Gasteiger partial charge in [0.2, 0.25) is 0 Å². The Balaban J connectivity index is 1.77. The molecule has 1 heterocycles. The molecule has 0 fully saturated rings. The van der Waals surface area contributed by atoms with Gasteiger partial charge in [0.05, 0.1) is 17.8 Å². The maximum Gasteiger partial charge on any atom is 0.167 e. The van der Waals surface area contributed by atoms with Crippen molar-refractivity contribution in [3.05, 3.63) is 86.9 Å². The van der Waals surface area contributed by atoms with Crippen LogP contribution in [0.25, 0.3) is 0 Å². The second-order valence-electron chi connectivity index (χ2n) is 6.01. The van der Waals surface area contributed by atoms with Gasteiger partial charge < -0.3 is 14.8 Å². The number of nitrogens with one attached hydrogen (secondary N) is 1. The molecule has 1 N–H and O–H groups in total. The van der Waals surface area contributed by atoms with Gasteiger partial charge in [-0.2, -0.15) is 0 Å². The van der Waals surface area contributed by atoms with E-state index in [1.807, 2.05) is 30.3 Å². The van der Waals surface area contributed by atoms with Crippen molar-refractivity contribution in [2.45, 2.75) is 19.7 Å². The third-order valence-electron chi connectivity index (χ3n) is 4.11. The van der Waals surface area contributed by atoms with Crippen LogP contribution in [0.4, 0.5) is 4.39 Å². The first kappa shape index (κ1) is 20.6. The molecular formula is C21H19BrClFN2O2. The first-order chi connectivity index (χ1) is 13.6. The number of rotatable bonds is 8. The van der Waals surface area contributed by atoms with Gasteiger partial charge in [-0.25, -0.2) is 4.39 Å². The Hall–Kier alpha value is -2.15. The van der Waals surface area contributed by atoms with Crippen LogP contribution in [-0.2, 0) is 19.7 Å². The van der Waals surface area contributed by atoms with Crippen molar-refractivity contribution in [2.24, 2.45) is 0 Å². The van der Waals surface area contributed by atoms with Crippen LogP contribution in [0.15, 0.2) is 59.2 Å². The van der Waals surface area contributed by atoms with Gasteiger partial charge >= 0.3 is 0 Å². The van der Waals surface area contributed by atoms with E-state index in [-0.39, 0.29) is 12.4 Å². The number of hydrogen-bond donors (Lipinski definition) is 1. The van der Waals surface area contributed by atoms with Crippen molar-refractivity contribution in [1.29, 1.82) is 0 Å². The Labute approximate surface area is 176 Å². The van der Waals surface area contributed by atoms with Crippen molar-refractivity contribution in [3.63, 3.8) is 0 Å². The molecule has 4 nitrogen and oxygen atoms in total. The van der Waals surface area contributed by atoms with Gasteiger partial charge in [-0.05, 0) is 36.4 Å². The van der Waals surface area contributed by atoms with Crippen LogP contribution in [0.2, 0.25) is 5.02 Å². The Kier molecular flexibility index (Phi) is 7.25. The molecule has 0 radical (unpaired) electrons. The summed E-state index contributed by atoms with van der Waals surface area (Å²) in [5, 5.41) is 3.69. The van der Waals surface area contributed by atoms with Crippen LogP contribution in [0, 0.1) is 5.82 Å². The molecule has 0 spiro atoms. The van der Waals surface area contributed by atoms with Gasteiger partial charge in [0.25, 0.3) is 0 Å². The minimum Gasteiger partial charge on any atom is -0.493 e. The molecule has 7 heteroatoms. The Bertz CT molecular complexity index is 941. The first-order valence-electron chi connectivity index (χ1n) is 8.61. The van der Waals surface area contributed by atoms with Gasteiger partial charge in [0, 0.05) is 34.9 Å². The van der Waals surface area contributed by atoms with E-state index in [4.69, 9.17) is 21.1 Å². The van der Waals surface area contributed by atoms with Gasteiger partial charge in [0.1, 0.15) is 12.4 Å². The number of aromatic nitrogens is 1. The molecule has 0 amide bonds. The fourth-order valence-electron chi connectivity index (χ4n) is 2.67. The van der Waals surface area contributed by atoms with Crippen molar-refractivity contribution in [3.8, 4) is 11.5 Å². The average molecular weight is 466 g/mol. The van der Waals surface area contributed by atoms with Crippen LogP contribution in [-0.4, -0.2) is 12.1 Å². The van der Waals surface area contributed by atoms with E-state index in [0.717, 1.165) is 15.7 Å². The van der Waals surface area contributed by atoms with Crippen molar-refractivity contribution < 1.29 is 13.9 Å². The Morgan fingerprint density at radius 2 is 2.00 bits per heavy atom.